The monoisotopic (exact) mass is 275 g/mol. The molecule has 0 aliphatic rings. The zero-order valence-electron chi connectivity index (χ0n) is 11.2. The summed E-state index contributed by atoms with van der Waals surface area (Å²) in [6.45, 7) is 0. The van der Waals surface area contributed by atoms with E-state index in [-0.39, 0.29) is 0 Å². The Morgan fingerprint density at radius 1 is 0.619 bits per heavy atom. The van der Waals surface area contributed by atoms with Gasteiger partial charge < -0.3 is 4.98 Å². The third-order valence-electron chi connectivity index (χ3n) is 3.44. The lowest BCUT2D eigenvalue weighted by molar-refractivity contribution is 0.109. The third kappa shape index (κ3) is 2.30. The number of nitrogens with one attached hydrogen (secondary N) is 1. The molecule has 0 saturated carbocycles. The molecule has 3 nitrogen and oxygen atoms in total. The Labute approximate surface area is 122 Å². The highest BCUT2D eigenvalue weighted by Crippen LogP contribution is 2.31. The fourth-order valence-corrected chi connectivity index (χ4v) is 2.44. The van der Waals surface area contributed by atoms with Crippen molar-refractivity contribution < 1.29 is 9.59 Å². The Morgan fingerprint density at radius 3 is 1.33 bits per heavy atom. The molecule has 3 heteroatoms. The molecule has 1 heterocycles. The van der Waals surface area contributed by atoms with Crippen LogP contribution in [-0.2, 0) is 0 Å². The van der Waals surface area contributed by atoms with Crippen LogP contribution in [0.15, 0.2) is 60.7 Å². The van der Waals surface area contributed by atoms with E-state index < -0.39 is 0 Å². The number of aromatic nitrogens is 1. The topological polar surface area (TPSA) is 49.9 Å². The van der Waals surface area contributed by atoms with Crippen molar-refractivity contribution in [2.24, 2.45) is 0 Å². The Balaban J connectivity index is 2.26. The van der Waals surface area contributed by atoms with Crippen LogP contribution in [0.25, 0.3) is 22.5 Å². The van der Waals surface area contributed by atoms with Gasteiger partial charge in [0.15, 0.2) is 12.6 Å². The fourth-order valence-electron chi connectivity index (χ4n) is 2.44. The van der Waals surface area contributed by atoms with E-state index in [1.807, 2.05) is 60.7 Å². The summed E-state index contributed by atoms with van der Waals surface area (Å²) in [7, 11) is 0. The van der Waals surface area contributed by atoms with Gasteiger partial charge in [0.25, 0.3) is 0 Å². The van der Waals surface area contributed by atoms with E-state index in [4.69, 9.17) is 0 Å². The summed E-state index contributed by atoms with van der Waals surface area (Å²) < 4.78 is 0. The summed E-state index contributed by atoms with van der Waals surface area (Å²) in [5.74, 6) is 0. The van der Waals surface area contributed by atoms with E-state index in [1.54, 1.807) is 0 Å². The summed E-state index contributed by atoms with van der Waals surface area (Å²) in [5.41, 5.74) is 3.90. The highest BCUT2D eigenvalue weighted by molar-refractivity contribution is 6.02. The van der Waals surface area contributed by atoms with Gasteiger partial charge in [-0.1, -0.05) is 60.7 Å². The number of benzene rings is 2. The number of rotatable bonds is 4. The molecule has 21 heavy (non-hydrogen) atoms. The summed E-state index contributed by atoms with van der Waals surface area (Å²) in [6, 6.07) is 19.0. The summed E-state index contributed by atoms with van der Waals surface area (Å²) in [4.78, 5) is 26.1. The van der Waals surface area contributed by atoms with Gasteiger partial charge >= 0.3 is 0 Å². The van der Waals surface area contributed by atoms with Gasteiger partial charge in [0.1, 0.15) is 0 Å². The molecule has 1 N–H and O–H groups in total. The molecule has 3 rings (SSSR count). The Hall–Kier alpha value is -2.94. The average Bonchev–Trinajstić information content (AvgIpc) is 2.95. The predicted molar refractivity (Wildman–Crippen MR) is 82.4 cm³/mol. The maximum absolute atomic E-state index is 11.4. The SMILES string of the molecule is O=Cc1c(-c2ccccc2)[nH]c(-c2ccccc2)c1C=O. The van der Waals surface area contributed by atoms with Crippen molar-refractivity contribution in [3.05, 3.63) is 71.8 Å². The standard InChI is InChI=1S/C18H13NO2/c20-11-15-16(12-21)18(14-9-5-2-6-10-14)19-17(15)13-7-3-1-4-8-13/h1-12,19H. The molecule has 0 amide bonds. The lowest BCUT2D eigenvalue weighted by atomic mass is 10.0. The van der Waals surface area contributed by atoms with Crippen LogP contribution in [0.4, 0.5) is 0 Å². The number of hydrogen-bond donors (Lipinski definition) is 1. The second-order valence-electron chi connectivity index (χ2n) is 4.67. The van der Waals surface area contributed by atoms with Crippen LogP contribution in [0.2, 0.25) is 0 Å². The van der Waals surface area contributed by atoms with Gasteiger partial charge in [-0.2, -0.15) is 0 Å². The molecule has 0 radical (unpaired) electrons. The second-order valence-corrected chi connectivity index (χ2v) is 4.67. The molecule has 3 aromatic rings. The van der Waals surface area contributed by atoms with Crippen molar-refractivity contribution in [2.45, 2.75) is 0 Å². The fraction of sp³-hybridized carbons (Fsp3) is 0. The number of carbonyl (C=O) groups excluding carboxylic acids is 2. The smallest absolute Gasteiger partial charge is 0.152 e. The van der Waals surface area contributed by atoms with Crippen LogP contribution >= 0.6 is 0 Å². The molecule has 1 aromatic heterocycles. The molecule has 0 bridgehead atoms. The van der Waals surface area contributed by atoms with E-state index in [0.29, 0.717) is 22.5 Å². The third-order valence-corrected chi connectivity index (χ3v) is 3.44. The van der Waals surface area contributed by atoms with E-state index in [1.165, 1.54) is 0 Å². The van der Waals surface area contributed by atoms with E-state index in [2.05, 4.69) is 4.98 Å². The van der Waals surface area contributed by atoms with Gasteiger partial charge in [0.05, 0.1) is 22.5 Å². The van der Waals surface area contributed by atoms with Crippen LogP contribution < -0.4 is 0 Å². The van der Waals surface area contributed by atoms with Gasteiger partial charge in [-0.05, 0) is 11.1 Å². The molecule has 0 fully saturated rings. The Bertz CT molecular complexity index is 708. The van der Waals surface area contributed by atoms with Gasteiger partial charge in [0, 0.05) is 0 Å². The van der Waals surface area contributed by atoms with Crippen LogP contribution in [0, 0.1) is 0 Å². The number of aromatic amines is 1. The van der Waals surface area contributed by atoms with E-state index in [0.717, 1.165) is 23.7 Å². The zero-order chi connectivity index (χ0) is 14.7. The number of hydrogen-bond acceptors (Lipinski definition) is 2. The maximum atomic E-state index is 11.4. The minimum atomic E-state index is 0.398. The molecular weight excluding hydrogens is 262 g/mol. The van der Waals surface area contributed by atoms with Crippen molar-refractivity contribution in [1.29, 1.82) is 0 Å². The predicted octanol–water partition coefficient (Wildman–Crippen LogP) is 3.97. The largest absolute Gasteiger partial charge is 0.353 e. The Morgan fingerprint density at radius 2 is 1.00 bits per heavy atom. The zero-order valence-corrected chi connectivity index (χ0v) is 11.2. The summed E-state index contributed by atoms with van der Waals surface area (Å²) in [6.07, 6.45) is 1.46. The van der Waals surface area contributed by atoms with Gasteiger partial charge in [0.2, 0.25) is 0 Å². The highest BCUT2D eigenvalue weighted by Gasteiger charge is 2.18. The van der Waals surface area contributed by atoms with Crippen molar-refractivity contribution in [3.63, 3.8) is 0 Å². The molecule has 2 aromatic carbocycles. The first-order valence-corrected chi connectivity index (χ1v) is 6.62. The van der Waals surface area contributed by atoms with Crippen LogP contribution in [0.5, 0.6) is 0 Å². The lowest BCUT2D eigenvalue weighted by Gasteiger charge is -1.99. The first-order chi connectivity index (χ1) is 10.3. The Kier molecular flexibility index (Phi) is 3.48. The molecule has 0 saturated heterocycles. The van der Waals surface area contributed by atoms with Crippen molar-refractivity contribution >= 4 is 12.6 Å². The molecule has 0 unspecified atom stereocenters. The average molecular weight is 275 g/mol. The lowest BCUT2D eigenvalue weighted by Crippen LogP contribution is -1.89. The number of aldehydes is 2. The first kappa shape index (κ1) is 13.1. The molecular formula is C18H13NO2. The van der Waals surface area contributed by atoms with Crippen molar-refractivity contribution in [3.8, 4) is 22.5 Å². The highest BCUT2D eigenvalue weighted by atomic mass is 16.1. The van der Waals surface area contributed by atoms with Gasteiger partial charge in [-0.15, -0.1) is 0 Å². The normalized spacial score (nSPS) is 10.3. The van der Waals surface area contributed by atoms with Gasteiger partial charge in [-0.25, -0.2) is 0 Å². The van der Waals surface area contributed by atoms with Gasteiger partial charge in [-0.3, -0.25) is 9.59 Å². The van der Waals surface area contributed by atoms with E-state index in [9.17, 15) is 9.59 Å². The van der Waals surface area contributed by atoms with Crippen LogP contribution in [0.1, 0.15) is 20.7 Å². The molecule has 0 aliphatic carbocycles. The minimum Gasteiger partial charge on any atom is -0.353 e. The van der Waals surface area contributed by atoms with Crippen LogP contribution in [-0.4, -0.2) is 17.6 Å². The molecule has 0 atom stereocenters. The maximum Gasteiger partial charge on any atom is 0.152 e. The molecule has 102 valence electrons. The summed E-state index contributed by atoms with van der Waals surface area (Å²) in [5, 5.41) is 0. The quantitative estimate of drug-likeness (QED) is 0.732. The first-order valence-electron chi connectivity index (χ1n) is 6.62. The van der Waals surface area contributed by atoms with Crippen LogP contribution in [0.3, 0.4) is 0 Å². The second kappa shape index (κ2) is 5.59. The van der Waals surface area contributed by atoms with E-state index >= 15 is 0 Å². The minimum absolute atomic E-state index is 0.398. The molecule has 0 aliphatic heterocycles. The van der Waals surface area contributed by atoms with Crippen molar-refractivity contribution in [2.75, 3.05) is 0 Å². The summed E-state index contributed by atoms with van der Waals surface area (Å²) >= 11 is 0. The molecule has 0 spiro atoms. The number of H-pyrrole nitrogens is 1. The van der Waals surface area contributed by atoms with Crippen molar-refractivity contribution in [1.82, 2.24) is 4.98 Å². The number of carbonyl (C=O) groups is 2.